The number of pyridine rings is 1. The molecule has 0 bridgehead atoms. The van der Waals surface area contributed by atoms with Crippen LogP contribution < -0.4 is 10.7 Å². The second-order valence-electron chi connectivity index (χ2n) is 3.37. The van der Waals surface area contributed by atoms with Crippen molar-refractivity contribution in [2.24, 2.45) is 0 Å². The Bertz CT molecular complexity index is 635. The van der Waals surface area contributed by atoms with Gasteiger partial charge in [0.05, 0.1) is 17.7 Å². The second kappa shape index (κ2) is 4.92. The van der Waals surface area contributed by atoms with Crippen molar-refractivity contribution in [1.82, 2.24) is 14.8 Å². The van der Waals surface area contributed by atoms with E-state index in [0.717, 1.165) is 6.07 Å². The molecule has 94 valence electrons. The summed E-state index contributed by atoms with van der Waals surface area (Å²) >= 11 is 1.34. The fourth-order valence-corrected chi connectivity index (χ4v) is 2.02. The first-order valence-electron chi connectivity index (χ1n) is 4.95. The molecule has 0 aliphatic rings. The fourth-order valence-electron chi connectivity index (χ4n) is 1.32. The van der Waals surface area contributed by atoms with Crippen LogP contribution in [0.4, 0.5) is 10.8 Å². The minimum atomic E-state index is -0.696. The topological polar surface area (TPSA) is 103 Å². The van der Waals surface area contributed by atoms with Gasteiger partial charge in [-0.25, -0.2) is 0 Å². The van der Waals surface area contributed by atoms with Crippen LogP contribution in [-0.4, -0.2) is 26.7 Å². The predicted molar refractivity (Wildman–Crippen MR) is 65.9 cm³/mol. The van der Waals surface area contributed by atoms with Crippen molar-refractivity contribution in [3.63, 3.8) is 0 Å². The highest BCUT2D eigenvalue weighted by Crippen LogP contribution is 2.15. The molecule has 2 aromatic heterocycles. The number of nitrogens with zero attached hydrogens (tertiary/aromatic N) is 4. The molecule has 2 heterocycles. The molecule has 0 unspecified atom stereocenters. The quantitative estimate of drug-likeness (QED) is 0.646. The molecule has 0 atom stereocenters. The Balaban J connectivity index is 2.26. The third-order valence-corrected chi connectivity index (χ3v) is 3.08. The Labute approximate surface area is 105 Å². The Kier molecular flexibility index (Phi) is 3.33. The van der Waals surface area contributed by atoms with Crippen LogP contribution in [0.2, 0.25) is 0 Å². The van der Waals surface area contributed by atoms with Gasteiger partial charge in [0.15, 0.2) is 0 Å². The third kappa shape index (κ3) is 2.51. The van der Waals surface area contributed by atoms with Gasteiger partial charge in [0.2, 0.25) is 5.13 Å². The lowest BCUT2D eigenvalue weighted by Crippen LogP contribution is -2.11. The zero-order chi connectivity index (χ0) is 13.1. The van der Waals surface area contributed by atoms with Crippen LogP contribution in [0.5, 0.6) is 0 Å². The van der Waals surface area contributed by atoms with E-state index in [2.05, 4.69) is 15.5 Å². The molecular formula is C9H9N5O3S. The number of hydrogen-bond donors (Lipinski definition) is 1. The number of aromatic nitrogens is 3. The van der Waals surface area contributed by atoms with E-state index in [1.54, 1.807) is 7.05 Å². The third-order valence-electron chi connectivity index (χ3n) is 2.15. The van der Waals surface area contributed by atoms with Crippen LogP contribution in [0.3, 0.4) is 0 Å². The van der Waals surface area contributed by atoms with E-state index in [1.807, 2.05) is 0 Å². The highest BCUT2D eigenvalue weighted by atomic mass is 32.1. The summed E-state index contributed by atoms with van der Waals surface area (Å²) < 4.78 is 1.53. The van der Waals surface area contributed by atoms with Gasteiger partial charge in [0, 0.05) is 19.3 Å². The lowest BCUT2D eigenvalue weighted by Gasteiger charge is -2.01. The van der Waals surface area contributed by atoms with E-state index >= 15 is 0 Å². The summed E-state index contributed by atoms with van der Waals surface area (Å²) in [5.41, 5.74) is -1.06. The highest BCUT2D eigenvalue weighted by Gasteiger charge is 2.12. The zero-order valence-corrected chi connectivity index (χ0v) is 10.2. The van der Waals surface area contributed by atoms with Crippen molar-refractivity contribution in [2.75, 3.05) is 12.4 Å². The molecule has 2 aromatic rings. The van der Waals surface area contributed by atoms with Gasteiger partial charge < -0.3 is 9.88 Å². The van der Waals surface area contributed by atoms with Crippen molar-refractivity contribution in [1.29, 1.82) is 0 Å². The Morgan fingerprint density at radius 1 is 1.56 bits per heavy atom. The van der Waals surface area contributed by atoms with Gasteiger partial charge in [0.25, 0.3) is 5.43 Å². The number of rotatable bonds is 4. The van der Waals surface area contributed by atoms with Gasteiger partial charge in [-0.15, -0.1) is 10.2 Å². The van der Waals surface area contributed by atoms with Gasteiger partial charge in [-0.2, -0.15) is 0 Å². The standard InChI is InChI=1S/C9H9N5O3S/c1-10-9-12-11-8(18-9)5-13-3-2-7(15)6(4-13)14(16)17/h2-4H,5H2,1H3,(H,10,12). The molecule has 0 amide bonds. The number of hydrogen-bond acceptors (Lipinski definition) is 7. The van der Waals surface area contributed by atoms with Crippen molar-refractivity contribution < 1.29 is 4.92 Å². The molecule has 9 heteroatoms. The maximum absolute atomic E-state index is 11.2. The molecule has 0 saturated heterocycles. The van der Waals surface area contributed by atoms with E-state index in [0.29, 0.717) is 16.7 Å². The normalized spacial score (nSPS) is 10.3. The minimum Gasteiger partial charge on any atom is -0.363 e. The Morgan fingerprint density at radius 2 is 2.33 bits per heavy atom. The molecule has 0 aliphatic heterocycles. The average Bonchev–Trinajstić information content (AvgIpc) is 2.79. The van der Waals surface area contributed by atoms with Crippen LogP contribution in [0.15, 0.2) is 23.3 Å². The summed E-state index contributed by atoms with van der Waals surface area (Å²) in [4.78, 5) is 21.2. The largest absolute Gasteiger partial charge is 0.363 e. The molecule has 2 rings (SSSR count). The summed E-state index contributed by atoms with van der Waals surface area (Å²) in [6.45, 7) is 0.334. The molecule has 0 radical (unpaired) electrons. The summed E-state index contributed by atoms with van der Waals surface area (Å²) in [6.07, 6.45) is 2.68. The first-order chi connectivity index (χ1) is 8.60. The second-order valence-corrected chi connectivity index (χ2v) is 4.44. The highest BCUT2D eigenvalue weighted by molar-refractivity contribution is 7.15. The van der Waals surface area contributed by atoms with E-state index in [-0.39, 0.29) is 0 Å². The summed E-state index contributed by atoms with van der Waals surface area (Å²) in [7, 11) is 1.73. The predicted octanol–water partition coefficient (Wildman–Crippen LogP) is 0.698. The maximum atomic E-state index is 11.2. The van der Waals surface area contributed by atoms with Crippen LogP contribution in [-0.2, 0) is 6.54 Å². The van der Waals surface area contributed by atoms with Crippen molar-refractivity contribution >= 4 is 22.2 Å². The van der Waals surface area contributed by atoms with Crippen molar-refractivity contribution in [3.8, 4) is 0 Å². The van der Waals surface area contributed by atoms with E-state index in [1.165, 1.54) is 28.3 Å². The van der Waals surface area contributed by atoms with Gasteiger partial charge >= 0.3 is 5.69 Å². The first-order valence-corrected chi connectivity index (χ1v) is 5.76. The van der Waals surface area contributed by atoms with Crippen LogP contribution in [0.1, 0.15) is 5.01 Å². The number of nitro groups is 1. The van der Waals surface area contributed by atoms with E-state index < -0.39 is 16.0 Å². The zero-order valence-electron chi connectivity index (χ0n) is 9.36. The molecule has 1 N–H and O–H groups in total. The summed E-state index contributed by atoms with van der Waals surface area (Å²) in [5.74, 6) is 0. The molecule has 0 saturated carbocycles. The molecule has 18 heavy (non-hydrogen) atoms. The molecule has 0 aromatic carbocycles. The minimum absolute atomic E-state index is 0.334. The number of nitrogens with one attached hydrogen (secondary N) is 1. The first kappa shape index (κ1) is 12.2. The maximum Gasteiger partial charge on any atom is 0.332 e. The van der Waals surface area contributed by atoms with Crippen LogP contribution in [0, 0.1) is 10.1 Å². The fraction of sp³-hybridized carbons (Fsp3) is 0.222. The molecule has 0 fully saturated rings. The van der Waals surface area contributed by atoms with E-state index in [4.69, 9.17) is 0 Å². The van der Waals surface area contributed by atoms with Gasteiger partial charge in [-0.3, -0.25) is 14.9 Å². The van der Waals surface area contributed by atoms with Gasteiger partial charge in [0.1, 0.15) is 5.01 Å². The Hall–Kier alpha value is -2.29. The van der Waals surface area contributed by atoms with Crippen molar-refractivity contribution in [3.05, 3.63) is 43.8 Å². The average molecular weight is 267 g/mol. The van der Waals surface area contributed by atoms with Gasteiger partial charge in [-0.05, 0) is 0 Å². The smallest absolute Gasteiger partial charge is 0.332 e. The monoisotopic (exact) mass is 267 g/mol. The molecule has 0 aliphatic carbocycles. The number of anilines is 1. The van der Waals surface area contributed by atoms with Crippen LogP contribution in [0.25, 0.3) is 0 Å². The SMILES string of the molecule is CNc1nnc(Cn2ccc(=O)c([N+](=O)[O-])c2)s1. The molecule has 8 nitrogen and oxygen atoms in total. The lowest BCUT2D eigenvalue weighted by molar-refractivity contribution is -0.386. The van der Waals surface area contributed by atoms with Crippen molar-refractivity contribution in [2.45, 2.75) is 6.54 Å². The Morgan fingerprint density at radius 3 is 2.94 bits per heavy atom. The van der Waals surface area contributed by atoms with Crippen LogP contribution >= 0.6 is 11.3 Å². The molecular weight excluding hydrogens is 258 g/mol. The molecule has 0 spiro atoms. The summed E-state index contributed by atoms with van der Waals surface area (Å²) in [6, 6.07) is 1.16. The van der Waals surface area contributed by atoms with Gasteiger partial charge in [-0.1, -0.05) is 11.3 Å². The summed E-state index contributed by atoms with van der Waals surface area (Å²) in [5, 5.41) is 22.6. The lowest BCUT2D eigenvalue weighted by atomic mass is 10.4. The van der Waals surface area contributed by atoms with E-state index in [9.17, 15) is 14.9 Å².